The normalized spacial score (nSPS) is 10.8. The summed E-state index contributed by atoms with van der Waals surface area (Å²) < 4.78 is 15.0. The van der Waals surface area contributed by atoms with Gasteiger partial charge >= 0.3 is 6.03 Å². The lowest BCUT2D eigenvalue weighted by atomic mass is 10.2. The van der Waals surface area contributed by atoms with Gasteiger partial charge in [-0.05, 0) is 43.2 Å². The number of halogens is 1. The summed E-state index contributed by atoms with van der Waals surface area (Å²) in [5.41, 5.74) is 2.72. The Kier molecular flexibility index (Phi) is 4.74. The minimum Gasteiger partial charge on any atom is -0.338 e. The fraction of sp³-hybridized carbons (Fsp3) is 0.222. The van der Waals surface area contributed by atoms with Gasteiger partial charge in [0.2, 0.25) is 0 Å². The first-order valence-corrected chi connectivity index (χ1v) is 7.84. The molecule has 1 aromatic heterocycles. The lowest BCUT2D eigenvalue weighted by Gasteiger charge is -2.08. The Hall–Kier alpha value is -2.89. The number of anilines is 1. The van der Waals surface area contributed by atoms with Crippen LogP contribution in [-0.2, 0) is 6.54 Å². The van der Waals surface area contributed by atoms with Crippen molar-refractivity contribution >= 4 is 22.6 Å². The Morgan fingerprint density at radius 1 is 1.25 bits per heavy atom. The minimum absolute atomic E-state index is 0.346. The summed E-state index contributed by atoms with van der Waals surface area (Å²) in [7, 11) is 0. The molecule has 0 saturated carbocycles. The average Bonchev–Trinajstić information content (AvgIpc) is 2.94. The zero-order valence-electron chi connectivity index (χ0n) is 13.4. The van der Waals surface area contributed by atoms with E-state index >= 15 is 0 Å². The Balaban J connectivity index is 1.48. The molecule has 5 nitrogen and oxygen atoms in total. The predicted octanol–water partition coefficient (Wildman–Crippen LogP) is 3.70. The summed E-state index contributed by atoms with van der Waals surface area (Å²) in [6.07, 6.45) is 2.60. The number of hydrogen-bond acceptors (Lipinski definition) is 2. The van der Waals surface area contributed by atoms with Gasteiger partial charge in [-0.3, -0.25) is 4.68 Å². The molecule has 0 aliphatic heterocycles. The quantitative estimate of drug-likeness (QED) is 0.703. The van der Waals surface area contributed by atoms with Crippen LogP contribution < -0.4 is 10.6 Å². The number of rotatable bonds is 5. The molecule has 24 heavy (non-hydrogen) atoms. The summed E-state index contributed by atoms with van der Waals surface area (Å²) in [4.78, 5) is 11.8. The Morgan fingerprint density at radius 3 is 2.96 bits per heavy atom. The molecule has 2 N–H and O–H groups in total. The van der Waals surface area contributed by atoms with Crippen LogP contribution in [-0.4, -0.2) is 22.4 Å². The van der Waals surface area contributed by atoms with E-state index in [0.717, 1.165) is 17.3 Å². The number of urea groups is 1. The number of hydrogen-bond donors (Lipinski definition) is 2. The van der Waals surface area contributed by atoms with Crippen molar-refractivity contribution in [1.82, 2.24) is 15.1 Å². The van der Waals surface area contributed by atoms with Crippen molar-refractivity contribution in [3.05, 3.63) is 60.0 Å². The van der Waals surface area contributed by atoms with Gasteiger partial charge in [0.15, 0.2) is 0 Å². The van der Waals surface area contributed by atoms with E-state index in [4.69, 9.17) is 0 Å². The van der Waals surface area contributed by atoms with E-state index in [1.54, 1.807) is 12.1 Å². The van der Waals surface area contributed by atoms with Crippen LogP contribution in [0.4, 0.5) is 14.9 Å². The van der Waals surface area contributed by atoms with Gasteiger partial charge in [-0.15, -0.1) is 0 Å². The molecule has 3 aromatic rings. The average molecular weight is 326 g/mol. The van der Waals surface area contributed by atoms with E-state index in [2.05, 4.69) is 40.9 Å². The van der Waals surface area contributed by atoms with Crippen LogP contribution in [0.25, 0.3) is 10.9 Å². The topological polar surface area (TPSA) is 59.0 Å². The maximum Gasteiger partial charge on any atom is 0.319 e. The monoisotopic (exact) mass is 326 g/mol. The van der Waals surface area contributed by atoms with E-state index in [0.29, 0.717) is 18.8 Å². The second-order valence-electron chi connectivity index (χ2n) is 5.67. The molecule has 0 atom stereocenters. The molecule has 0 radical (unpaired) electrons. The molecule has 0 aliphatic carbocycles. The van der Waals surface area contributed by atoms with Crippen LogP contribution >= 0.6 is 0 Å². The second kappa shape index (κ2) is 7.12. The number of fused-ring (bicyclic) bond motifs is 1. The SMILES string of the molecule is Cc1ccc2cnn(CCCNC(=O)Nc3cccc(F)c3)c2c1. The van der Waals surface area contributed by atoms with Crippen molar-refractivity contribution in [2.75, 3.05) is 11.9 Å². The second-order valence-corrected chi connectivity index (χ2v) is 5.67. The van der Waals surface area contributed by atoms with Crippen LogP contribution in [0.2, 0.25) is 0 Å². The van der Waals surface area contributed by atoms with E-state index in [9.17, 15) is 9.18 Å². The third-order valence-corrected chi connectivity index (χ3v) is 3.71. The maximum atomic E-state index is 13.1. The predicted molar refractivity (Wildman–Crippen MR) is 92.5 cm³/mol. The number of carbonyl (C=O) groups is 1. The molecule has 6 heteroatoms. The number of carbonyl (C=O) groups excluding carboxylic acids is 1. The van der Waals surface area contributed by atoms with Gasteiger partial charge in [0.1, 0.15) is 5.82 Å². The van der Waals surface area contributed by atoms with Gasteiger partial charge in [-0.25, -0.2) is 9.18 Å². The number of benzene rings is 2. The largest absolute Gasteiger partial charge is 0.338 e. The minimum atomic E-state index is -0.381. The number of aryl methyl sites for hydroxylation is 2. The zero-order chi connectivity index (χ0) is 16.9. The highest BCUT2D eigenvalue weighted by Crippen LogP contribution is 2.15. The van der Waals surface area contributed by atoms with Crippen molar-refractivity contribution < 1.29 is 9.18 Å². The smallest absolute Gasteiger partial charge is 0.319 e. The first kappa shape index (κ1) is 16.0. The first-order chi connectivity index (χ1) is 11.6. The molecular weight excluding hydrogens is 307 g/mol. The molecule has 3 rings (SSSR count). The van der Waals surface area contributed by atoms with Crippen molar-refractivity contribution in [3.8, 4) is 0 Å². The van der Waals surface area contributed by atoms with Crippen LogP contribution in [0, 0.1) is 12.7 Å². The van der Waals surface area contributed by atoms with Gasteiger partial charge in [-0.1, -0.05) is 18.2 Å². The first-order valence-electron chi connectivity index (χ1n) is 7.84. The molecular formula is C18H19FN4O. The van der Waals surface area contributed by atoms with Crippen molar-refractivity contribution in [1.29, 1.82) is 0 Å². The fourth-order valence-electron chi connectivity index (χ4n) is 2.53. The lowest BCUT2D eigenvalue weighted by molar-refractivity contribution is 0.251. The van der Waals surface area contributed by atoms with Crippen molar-refractivity contribution in [3.63, 3.8) is 0 Å². The summed E-state index contributed by atoms with van der Waals surface area (Å²) >= 11 is 0. The Labute approximate surface area is 139 Å². The van der Waals surface area contributed by atoms with Crippen LogP contribution in [0.1, 0.15) is 12.0 Å². The molecule has 0 bridgehead atoms. The highest BCUT2D eigenvalue weighted by Gasteiger charge is 2.04. The van der Waals surface area contributed by atoms with E-state index in [1.807, 2.05) is 10.9 Å². The molecule has 0 unspecified atom stereocenters. The van der Waals surface area contributed by atoms with Crippen LogP contribution in [0.15, 0.2) is 48.7 Å². The third-order valence-electron chi connectivity index (χ3n) is 3.71. The van der Waals surface area contributed by atoms with Gasteiger partial charge in [0.05, 0.1) is 11.7 Å². The molecule has 2 amide bonds. The Bertz CT molecular complexity index is 859. The summed E-state index contributed by atoms with van der Waals surface area (Å²) in [5, 5.41) is 10.8. The van der Waals surface area contributed by atoms with Crippen LogP contribution in [0.3, 0.4) is 0 Å². The summed E-state index contributed by atoms with van der Waals surface area (Å²) in [5.74, 6) is -0.381. The number of amides is 2. The van der Waals surface area contributed by atoms with Crippen molar-refractivity contribution in [2.24, 2.45) is 0 Å². The molecule has 0 saturated heterocycles. The molecule has 2 aromatic carbocycles. The highest BCUT2D eigenvalue weighted by molar-refractivity contribution is 5.89. The number of aromatic nitrogens is 2. The summed E-state index contributed by atoms with van der Waals surface area (Å²) in [6.45, 7) is 3.27. The number of nitrogens with one attached hydrogen (secondary N) is 2. The zero-order valence-corrected chi connectivity index (χ0v) is 13.4. The fourth-order valence-corrected chi connectivity index (χ4v) is 2.53. The Morgan fingerprint density at radius 2 is 2.12 bits per heavy atom. The van der Waals surface area contributed by atoms with Gasteiger partial charge in [0, 0.05) is 24.2 Å². The summed E-state index contributed by atoms with van der Waals surface area (Å²) in [6, 6.07) is 11.7. The van der Waals surface area contributed by atoms with Gasteiger partial charge < -0.3 is 10.6 Å². The lowest BCUT2D eigenvalue weighted by Crippen LogP contribution is -2.30. The van der Waals surface area contributed by atoms with Crippen molar-refractivity contribution in [2.45, 2.75) is 19.9 Å². The van der Waals surface area contributed by atoms with Gasteiger partial charge in [0.25, 0.3) is 0 Å². The maximum absolute atomic E-state index is 13.1. The van der Waals surface area contributed by atoms with E-state index in [1.165, 1.54) is 17.7 Å². The molecule has 124 valence electrons. The standard InChI is InChI=1S/C18H19FN4O/c1-13-6-7-14-12-21-23(17(14)10-13)9-3-8-20-18(24)22-16-5-2-4-15(19)11-16/h2,4-7,10-12H,3,8-9H2,1H3,(H2,20,22,24). The highest BCUT2D eigenvalue weighted by atomic mass is 19.1. The van der Waals surface area contributed by atoms with Crippen LogP contribution in [0.5, 0.6) is 0 Å². The molecule has 0 aliphatic rings. The third kappa shape index (κ3) is 3.90. The van der Waals surface area contributed by atoms with E-state index in [-0.39, 0.29) is 11.8 Å². The molecule has 0 spiro atoms. The van der Waals surface area contributed by atoms with E-state index < -0.39 is 0 Å². The molecule has 1 heterocycles. The molecule has 0 fully saturated rings. The number of nitrogens with zero attached hydrogens (tertiary/aromatic N) is 2. The van der Waals surface area contributed by atoms with Gasteiger partial charge in [-0.2, -0.15) is 5.10 Å².